The van der Waals surface area contributed by atoms with Crippen LogP contribution in [0.3, 0.4) is 0 Å². The molecule has 1 atom stereocenters. The van der Waals surface area contributed by atoms with Crippen molar-refractivity contribution in [3.05, 3.63) is 52.1 Å². The molecule has 0 saturated heterocycles. The van der Waals surface area contributed by atoms with E-state index >= 15 is 0 Å². The van der Waals surface area contributed by atoms with E-state index < -0.39 is 59.8 Å². The molecule has 8 nitrogen and oxygen atoms in total. The summed E-state index contributed by atoms with van der Waals surface area (Å²) in [5.41, 5.74) is -1.59. The molecule has 0 radical (unpaired) electrons. The summed E-state index contributed by atoms with van der Waals surface area (Å²) < 4.78 is 56.7. The molecule has 3 amide bonds. The number of rotatable bonds is 6. The summed E-state index contributed by atoms with van der Waals surface area (Å²) >= 11 is 0. The fourth-order valence-corrected chi connectivity index (χ4v) is 4.91. The van der Waals surface area contributed by atoms with Gasteiger partial charge in [0.15, 0.2) is 0 Å². The molecule has 3 N–H and O–H groups in total. The standard InChI is InChI=1S/C24H24F4N4O4/c1-11-4-5-14(7-15(11)26)30-20(34)18-12(2)17(16-6-13(25)8-32(16)18)19(33)21(35)31-23(22(36)29-3)9-24(27,28)10-23/h4-5,7,13H,6,8-10H2,1-3H3,(H,29,36)(H,30,34)(H,31,35)/t13-/m1/s1. The summed E-state index contributed by atoms with van der Waals surface area (Å²) in [5.74, 6) is -7.84. The van der Waals surface area contributed by atoms with E-state index in [4.69, 9.17) is 0 Å². The lowest BCUT2D eigenvalue weighted by atomic mass is 9.72. The number of alkyl halides is 3. The number of hydrogen-bond donors (Lipinski definition) is 3. The Kier molecular flexibility index (Phi) is 6.17. The minimum Gasteiger partial charge on any atom is -0.357 e. The van der Waals surface area contributed by atoms with Crippen molar-refractivity contribution in [3.8, 4) is 0 Å². The van der Waals surface area contributed by atoms with Gasteiger partial charge in [-0.15, -0.1) is 0 Å². The van der Waals surface area contributed by atoms with Crippen molar-refractivity contribution in [2.45, 2.75) is 57.3 Å². The van der Waals surface area contributed by atoms with Gasteiger partial charge in [0.2, 0.25) is 5.91 Å². The molecule has 12 heteroatoms. The molecule has 1 aromatic heterocycles. The maximum Gasteiger partial charge on any atom is 0.293 e. The second-order valence-electron chi connectivity index (χ2n) is 9.28. The van der Waals surface area contributed by atoms with Crippen molar-refractivity contribution in [2.75, 3.05) is 12.4 Å². The molecule has 1 aliphatic carbocycles. The predicted octanol–water partition coefficient (Wildman–Crippen LogP) is 2.60. The molecule has 0 bridgehead atoms. The van der Waals surface area contributed by atoms with Gasteiger partial charge >= 0.3 is 0 Å². The van der Waals surface area contributed by atoms with E-state index in [1.54, 1.807) is 6.92 Å². The molecule has 192 valence electrons. The maximum absolute atomic E-state index is 14.3. The van der Waals surface area contributed by atoms with Crippen LogP contribution in [0.25, 0.3) is 0 Å². The molecule has 2 aliphatic rings. The summed E-state index contributed by atoms with van der Waals surface area (Å²) in [6.07, 6.45) is -3.63. The van der Waals surface area contributed by atoms with E-state index in [1.165, 1.54) is 30.7 Å². The molecule has 36 heavy (non-hydrogen) atoms. The van der Waals surface area contributed by atoms with Gasteiger partial charge in [0, 0.05) is 37.7 Å². The van der Waals surface area contributed by atoms with Gasteiger partial charge in [-0.05, 0) is 37.1 Å². The smallest absolute Gasteiger partial charge is 0.293 e. The number of aryl methyl sites for hydroxylation is 1. The average molecular weight is 508 g/mol. The van der Waals surface area contributed by atoms with Crippen LogP contribution in [0.5, 0.6) is 0 Å². The molecule has 0 unspecified atom stereocenters. The lowest BCUT2D eigenvalue weighted by Gasteiger charge is -2.45. The monoisotopic (exact) mass is 508 g/mol. The second kappa shape index (κ2) is 8.75. The van der Waals surface area contributed by atoms with E-state index in [1.807, 2.05) is 0 Å². The first kappa shape index (κ1) is 25.4. The summed E-state index contributed by atoms with van der Waals surface area (Å²) in [5, 5.41) is 6.85. The third kappa shape index (κ3) is 4.24. The number of amides is 3. The number of halogens is 4. The number of ketones is 1. The third-order valence-electron chi connectivity index (χ3n) is 6.62. The second-order valence-corrected chi connectivity index (χ2v) is 9.28. The first-order valence-electron chi connectivity index (χ1n) is 11.2. The number of hydrogen-bond acceptors (Lipinski definition) is 4. The van der Waals surface area contributed by atoms with Gasteiger partial charge in [0.1, 0.15) is 23.2 Å². The first-order valence-corrected chi connectivity index (χ1v) is 11.2. The first-order chi connectivity index (χ1) is 16.8. The minimum atomic E-state index is -3.18. The Labute approximate surface area is 203 Å². The van der Waals surface area contributed by atoms with Crippen LogP contribution in [-0.4, -0.2) is 52.8 Å². The van der Waals surface area contributed by atoms with Gasteiger partial charge in [-0.2, -0.15) is 0 Å². The predicted molar refractivity (Wildman–Crippen MR) is 120 cm³/mol. The zero-order chi connectivity index (χ0) is 26.6. The molecular weight excluding hydrogens is 484 g/mol. The van der Waals surface area contributed by atoms with Crippen molar-refractivity contribution < 1.29 is 36.7 Å². The molecular formula is C24H24F4N4O4. The summed E-state index contributed by atoms with van der Waals surface area (Å²) in [4.78, 5) is 51.2. The Morgan fingerprint density at radius 3 is 2.36 bits per heavy atom. The van der Waals surface area contributed by atoms with Crippen molar-refractivity contribution in [2.24, 2.45) is 0 Å². The highest BCUT2D eigenvalue weighted by Crippen LogP contribution is 2.46. The normalized spacial score (nSPS) is 19.1. The van der Waals surface area contributed by atoms with Crippen molar-refractivity contribution in [1.82, 2.24) is 15.2 Å². The summed E-state index contributed by atoms with van der Waals surface area (Å²) in [6.45, 7) is 2.70. The lowest BCUT2D eigenvalue weighted by Crippen LogP contribution is -2.69. The SMILES string of the molecule is CNC(=O)C1(NC(=O)C(=O)c2c(C)c(C(=O)Nc3ccc(C)c(F)c3)n3c2C[C@@H](F)C3)CC(F)(F)C1. The Morgan fingerprint density at radius 2 is 1.78 bits per heavy atom. The maximum atomic E-state index is 14.3. The van der Waals surface area contributed by atoms with E-state index in [-0.39, 0.29) is 41.2 Å². The lowest BCUT2D eigenvalue weighted by molar-refractivity contribution is -0.164. The van der Waals surface area contributed by atoms with Crippen LogP contribution in [0, 0.1) is 19.7 Å². The molecule has 4 rings (SSSR count). The third-order valence-corrected chi connectivity index (χ3v) is 6.62. The van der Waals surface area contributed by atoms with Crippen molar-refractivity contribution in [1.29, 1.82) is 0 Å². The fourth-order valence-electron chi connectivity index (χ4n) is 4.91. The summed E-state index contributed by atoms with van der Waals surface area (Å²) in [6, 6.07) is 4.05. The number of likely N-dealkylation sites (N-methyl/N-ethyl adjacent to an activating group) is 1. The van der Waals surface area contributed by atoms with Crippen LogP contribution in [0.2, 0.25) is 0 Å². The van der Waals surface area contributed by atoms with Crippen LogP contribution < -0.4 is 16.0 Å². The Morgan fingerprint density at radius 1 is 1.11 bits per heavy atom. The fraction of sp³-hybridized carbons (Fsp3) is 0.417. The van der Waals surface area contributed by atoms with Crippen molar-refractivity contribution in [3.63, 3.8) is 0 Å². The van der Waals surface area contributed by atoms with E-state index in [0.29, 0.717) is 5.56 Å². The highest BCUT2D eigenvalue weighted by Gasteiger charge is 2.62. The van der Waals surface area contributed by atoms with Gasteiger partial charge in [0.05, 0.1) is 12.1 Å². The highest BCUT2D eigenvalue weighted by atomic mass is 19.3. The number of carbonyl (C=O) groups excluding carboxylic acids is 4. The van der Waals surface area contributed by atoms with Crippen LogP contribution in [0.1, 0.15) is 50.5 Å². The minimum absolute atomic E-state index is 0.0788. The number of nitrogens with zero attached hydrogens (tertiary/aromatic N) is 1. The molecule has 1 aliphatic heterocycles. The van der Waals surface area contributed by atoms with Crippen molar-refractivity contribution >= 4 is 29.2 Å². The largest absolute Gasteiger partial charge is 0.357 e. The van der Waals surface area contributed by atoms with Crippen LogP contribution in [0.4, 0.5) is 23.2 Å². The number of carbonyl (C=O) groups is 4. The number of anilines is 1. The van der Waals surface area contributed by atoms with E-state index in [0.717, 1.165) is 6.07 Å². The van der Waals surface area contributed by atoms with Crippen LogP contribution >= 0.6 is 0 Å². The average Bonchev–Trinajstić information content (AvgIpc) is 3.26. The van der Waals surface area contributed by atoms with Gasteiger partial charge < -0.3 is 20.5 Å². The van der Waals surface area contributed by atoms with E-state index in [2.05, 4.69) is 16.0 Å². The number of nitrogens with one attached hydrogen (secondary N) is 3. The quantitative estimate of drug-likeness (QED) is 0.317. The van der Waals surface area contributed by atoms with Crippen LogP contribution in [0.15, 0.2) is 18.2 Å². The molecule has 0 spiro atoms. The zero-order valence-corrected chi connectivity index (χ0v) is 19.7. The molecule has 1 fully saturated rings. The van der Waals surface area contributed by atoms with Gasteiger partial charge in [-0.3, -0.25) is 19.2 Å². The van der Waals surface area contributed by atoms with E-state index in [9.17, 15) is 36.7 Å². The van der Waals surface area contributed by atoms with Gasteiger partial charge in [0.25, 0.3) is 23.5 Å². The molecule has 2 aromatic rings. The number of aromatic nitrogens is 1. The topological polar surface area (TPSA) is 109 Å². The molecule has 1 aromatic carbocycles. The number of Topliss-reactive ketones (excluding diaryl/α,β-unsaturated/α-hetero) is 1. The Balaban J connectivity index is 1.65. The Hall–Kier alpha value is -3.70. The number of fused-ring (bicyclic) bond motifs is 1. The number of benzene rings is 1. The van der Waals surface area contributed by atoms with Gasteiger partial charge in [-0.1, -0.05) is 6.07 Å². The van der Waals surface area contributed by atoms with Crippen LogP contribution in [-0.2, 0) is 22.6 Å². The zero-order valence-electron chi connectivity index (χ0n) is 19.7. The Bertz CT molecular complexity index is 1300. The summed E-state index contributed by atoms with van der Waals surface area (Å²) in [7, 11) is 1.21. The molecule has 2 heterocycles. The highest BCUT2D eigenvalue weighted by molar-refractivity contribution is 6.44. The molecule has 1 saturated carbocycles. The van der Waals surface area contributed by atoms with Gasteiger partial charge in [-0.25, -0.2) is 17.6 Å².